The summed E-state index contributed by atoms with van der Waals surface area (Å²) in [4.78, 5) is 0.770. The molecule has 108 valence electrons. The minimum absolute atomic E-state index is 0.165. The van der Waals surface area contributed by atoms with Gasteiger partial charge in [-0.3, -0.25) is 0 Å². The lowest BCUT2D eigenvalue weighted by Crippen LogP contribution is -2.23. The van der Waals surface area contributed by atoms with Crippen LogP contribution in [0.25, 0.3) is 0 Å². The molecule has 0 saturated heterocycles. The van der Waals surface area contributed by atoms with E-state index in [0.717, 1.165) is 11.1 Å². The van der Waals surface area contributed by atoms with Crippen molar-refractivity contribution in [3.05, 3.63) is 50.1 Å². The van der Waals surface area contributed by atoms with E-state index in [1.807, 2.05) is 31.2 Å². The SMILES string of the molecule is Cc1ccc(CNS(=O)(=O)c2cc(CO)sc2Br)cc1. The second kappa shape index (κ2) is 6.36. The lowest BCUT2D eigenvalue weighted by atomic mass is 10.2. The van der Waals surface area contributed by atoms with Gasteiger partial charge in [0, 0.05) is 11.4 Å². The Morgan fingerprint density at radius 1 is 1.30 bits per heavy atom. The Balaban J connectivity index is 2.14. The molecule has 2 aromatic rings. The van der Waals surface area contributed by atoms with Gasteiger partial charge in [-0.15, -0.1) is 11.3 Å². The molecule has 0 amide bonds. The van der Waals surface area contributed by atoms with Crippen molar-refractivity contribution >= 4 is 37.3 Å². The topological polar surface area (TPSA) is 66.4 Å². The quantitative estimate of drug-likeness (QED) is 0.844. The maximum absolute atomic E-state index is 12.2. The van der Waals surface area contributed by atoms with Crippen molar-refractivity contribution < 1.29 is 13.5 Å². The average Bonchev–Trinajstić information content (AvgIpc) is 2.80. The summed E-state index contributed by atoms with van der Waals surface area (Å²) in [5.74, 6) is 0. The fourth-order valence-corrected chi connectivity index (χ4v) is 5.18. The van der Waals surface area contributed by atoms with Crippen LogP contribution in [0.1, 0.15) is 16.0 Å². The molecule has 1 aromatic heterocycles. The van der Waals surface area contributed by atoms with Crippen LogP contribution >= 0.6 is 27.3 Å². The third-order valence-corrected chi connectivity index (χ3v) is 6.38. The number of sulfonamides is 1. The number of rotatable bonds is 5. The minimum atomic E-state index is -3.59. The molecule has 0 saturated carbocycles. The highest BCUT2D eigenvalue weighted by molar-refractivity contribution is 9.11. The highest BCUT2D eigenvalue weighted by Gasteiger charge is 2.20. The Morgan fingerprint density at radius 3 is 2.50 bits per heavy atom. The van der Waals surface area contributed by atoms with Crippen LogP contribution < -0.4 is 4.72 Å². The van der Waals surface area contributed by atoms with Gasteiger partial charge in [0.25, 0.3) is 0 Å². The van der Waals surface area contributed by atoms with Crippen molar-refractivity contribution in [1.29, 1.82) is 0 Å². The Hall–Kier alpha value is -0.730. The van der Waals surface area contributed by atoms with E-state index in [1.165, 1.54) is 17.4 Å². The van der Waals surface area contributed by atoms with E-state index in [9.17, 15) is 8.42 Å². The third kappa shape index (κ3) is 3.67. The molecule has 0 fully saturated rings. The van der Waals surface area contributed by atoms with Crippen molar-refractivity contribution in [1.82, 2.24) is 4.72 Å². The zero-order valence-corrected chi connectivity index (χ0v) is 14.0. The number of aryl methyl sites for hydroxylation is 1. The molecule has 0 spiro atoms. The normalized spacial score (nSPS) is 11.8. The van der Waals surface area contributed by atoms with Crippen molar-refractivity contribution in [3.63, 3.8) is 0 Å². The summed E-state index contributed by atoms with van der Waals surface area (Å²) in [7, 11) is -3.59. The van der Waals surface area contributed by atoms with Gasteiger partial charge in [0.05, 0.1) is 10.4 Å². The lowest BCUT2D eigenvalue weighted by molar-refractivity contribution is 0.285. The average molecular weight is 376 g/mol. The first-order valence-electron chi connectivity index (χ1n) is 5.86. The maximum atomic E-state index is 12.2. The fourth-order valence-electron chi connectivity index (χ4n) is 1.62. The Morgan fingerprint density at radius 2 is 1.95 bits per heavy atom. The highest BCUT2D eigenvalue weighted by Crippen LogP contribution is 2.31. The molecule has 2 rings (SSSR count). The van der Waals surface area contributed by atoms with Gasteiger partial charge >= 0.3 is 0 Å². The van der Waals surface area contributed by atoms with Gasteiger partial charge in [-0.25, -0.2) is 13.1 Å². The summed E-state index contributed by atoms with van der Waals surface area (Å²) >= 11 is 4.43. The van der Waals surface area contributed by atoms with Gasteiger partial charge in [-0.2, -0.15) is 0 Å². The van der Waals surface area contributed by atoms with Gasteiger partial charge in [-0.1, -0.05) is 29.8 Å². The molecule has 20 heavy (non-hydrogen) atoms. The van der Waals surface area contributed by atoms with E-state index in [2.05, 4.69) is 20.7 Å². The van der Waals surface area contributed by atoms with E-state index < -0.39 is 10.0 Å². The summed E-state index contributed by atoms with van der Waals surface area (Å²) in [5, 5.41) is 9.05. The monoisotopic (exact) mass is 375 g/mol. The van der Waals surface area contributed by atoms with Crippen LogP contribution in [-0.2, 0) is 23.2 Å². The third-order valence-electron chi connectivity index (χ3n) is 2.74. The number of aliphatic hydroxyl groups excluding tert-OH is 1. The Kier molecular flexibility index (Phi) is 4.98. The molecule has 2 N–H and O–H groups in total. The van der Waals surface area contributed by atoms with Gasteiger partial charge in [0.15, 0.2) is 0 Å². The number of nitrogens with one attached hydrogen (secondary N) is 1. The summed E-state index contributed by atoms with van der Waals surface area (Å²) < 4.78 is 27.5. The molecular weight excluding hydrogens is 362 g/mol. The highest BCUT2D eigenvalue weighted by atomic mass is 79.9. The first-order valence-corrected chi connectivity index (χ1v) is 8.96. The molecule has 0 atom stereocenters. The first kappa shape index (κ1) is 15.7. The largest absolute Gasteiger partial charge is 0.391 e. The number of hydrogen-bond acceptors (Lipinski definition) is 4. The predicted octanol–water partition coefficient (Wildman–Crippen LogP) is 2.79. The number of hydrogen-bond donors (Lipinski definition) is 2. The van der Waals surface area contributed by atoms with E-state index in [1.54, 1.807) is 0 Å². The number of aliphatic hydroxyl groups is 1. The molecule has 1 aromatic carbocycles. The summed E-state index contributed by atoms with van der Waals surface area (Å²) in [6, 6.07) is 9.13. The molecular formula is C13H14BrNO3S2. The molecule has 7 heteroatoms. The van der Waals surface area contributed by atoms with Gasteiger partial charge < -0.3 is 5.11 Å². The smallest absolute Gasteiger partial charge is 0.242 e. The van der Waals surface area contributed by atoms with E-state index >= 15 is 0 Å². The molecule has 0 radical (unpaired) electrons. The maximum Gasteiger partial charge on any atom is 0.242 e. The van der Waals surface area contributed by atoms with Gasteiger partial charge in [-0.05, 0) is 34.5 Å². The molecule has 1 heterocycles. The molecule has 4 nitrogen and oxygen atoms in total. The summed E-state index contributed by atoms with van der Waals surface area (Å²) in [6.45, 7) is 2.04. The zero-order chi connectivity index (χ0) is 14.8. The van der Waals surface area contributed by atoms with Crippen molar-refractivity contribution in [2.45, 2.75) is 25.0 Å². The van der Waals surface area contributed by atoms with E-state index in [0.29, 0.717) is 8.66 Å². The van der Waals surface area contributed by atoms with Gasteiger partial charge in [0.2, 0.25) is 10.0 Å². The van der Waals surface area contributed by atoms with Crippen LogP contribution in [0, 0.1) is 6.92 Å². The number of benzene rings is 1. The fraction of sp³-hybridized carbons (Fsp3) is 0.231. The predicted molar refractivity (Wildman–Crippen MR) is 83.1 cm³/mol. The van der Waals surface area contributed by atoms with Crippen molar-refractivity contribution in [2.75, 3.05) is 0 Å². The van der Waals surface area contributed by atoms with Gasteiger partial charge in [0.1, 0.15) is 4.90 Å². The lowest BCUT2D eigenvalue weighted by Gasteiger charge is -2.06. The van der Waals surface area contributed by atoms with E-state index in [-0.39, 0.29) is 18.0 Å². The molecule has 0 aliphatic rings. The number of halogens is 1. The molecule has 0 aliphatic carbocycles. The summed E-state index contributed by atoms with van der Waals surface area (Å²) in [6.07, 6.45) is 0. The standard InChI is InChI=1S/C13H14BrNO3S2/c1-9-2-4-10(5-3-9)7-15-20(17,18)12-6-11(8-16)19-13(12)14/h2-6,15-16H,7-8H2,1H3. The van der Waals surface area contributed by atoms with Crippen LogP contribution in [0.3, 0.4) is 0 Å². The molecule has 0 aliphatic heterocycles. The van der Waals surface area contributed by atoms with Crippen LogP contribution in [0.15, 0.2) is 39.0 Å². The van der Waals surface area contributed by atoms with Crippen LogP contribution in [0.4, 0.5) is 0 Å². The first-order chi connectivity index (χ1) is 9.42. The Bertz CT molecular complexity index is 693. The number of thiophene rings is 1. The minimum Gasteiger partial charge on any atom is -0.391 e. The zero-order valence-electron chi connectivity index (χ0n) is 10.8. The van der Waals surface area contributed by atoms with Crippen molar-refractivity contribution in [3.8, 4) is 0 Å². The van der Waals surface area contributed by atoms with Crippen LogP contribution in [0.5, 0.6) is 0 Å². The summed E-state index contributed by atoms with van der Waals surface area (Å²) in [5.41, 5.74) is 2.03. The van der Waals surface area contributed by atoms with Crippen LogP contribution in [0.2, 0.25) is 0 Å². The van der Waals surface area contributed by atoms with Crippen molar-refractivity contribution in [2.24, 2.45) is 0 Å². The molecule has 0 unspecified atom stereocenters. The second-order valence-corrected chi connectivity index (χ2v) is 8.51. The Labute approximate surface area is 130 Å². The van der Waals surface area contributed by atoms with Crippen LogP contribution in [-0.4, -0.2) is 13.5 Å². The van der Waals surface area contributed by atoms with E-state index in [4.69, 9.17) is 5.11 Å². The molecule has 0 bridgehead atoms. The second-order valence-electron chi connectivity index (χ2n) is 4.32.